The van der Waals surface area contributed by atoms with E-state index in [1.807, 2.05) is 19.1 Å². The highest BCUT2D eigenvalue weighted by Crippen LogP contribution is 2.37. The Hall–Kier alpha value is -2.58. The third kappa shape index (κ3) is 3.57. The number of sulfonamides is 1. The number of aryl methyl sites for hydroxylation is 2. The van der Waals surface area contributed by atoms with Crippen LogP contribution in [0.3, 0.4) is 0 Å². The summed E-state index contributed by atoms with van der Waals surface area (Å²) in [7, 11) is -3.62. The number of nitrogens with one attached hydrogen (secondary N) is 1. The maximum atomic E-state index is 12.6. The molecule has 8 heteroatoms. The van der Waals surface area contributed by atoms with Gasteiger partial charge in [0.05, 0.1) is 4.90 Å². The molecule has 2 aliphatic heterocycles. The second-order valence-electron chi connectivity index (χ2n) is 7.23. The number of rotatable bonds is 5. The Bertz CT molecular complexity index is 1030. The Morgan fingerprint density at radius 2 is 1.89 bits per heavy atom. The molecule has 0 unspecified atom stereocenters. The molecule has 2 aliphatic rings. The van der Waals surface area contributed by atoms with E-state index in [0.29, 0.717) is 30.0 Å². The van der Waals surface area contributed by atoms with Crippen molar-refractivity contribution in [1.29, 1.82) is 0 Å². The summed E-state index contributed by atoms with van der Waals surface area (Å²) in [6.07, 6.45) is 0.295. The lowest BCUT2D eigenvalue weighted by Gasteiger charge is -2.17. The molecule has 1 fully saturated rings. The summed E-state index contributed by atoms with van der Waals surface area (Å²) >= 11 is 0. The number of hydrogen-bond acceptors (Lipinski definition) is 5. The monoisotopic (exact) mass is 402 g/mol. The zero-order valence-electron chi connectivity index (χ0n) is 15.8. The first-order valence-corrected chi connectivity index (χ1v) is 10.6. The number of anilines is 1. The topological polar surface area (TPSA) is 84.9 Å². The molecular formula is C20H22N2O5S. The van der Waals surface area contributed by atoms with E-state index in [9.17, 15) is 13.2 Å². The minimum atomic E-state index is -3.62. The molecule has 0 radical (unpaired) electrons. The van der Waals surface area contributed by atoms with Gasteiger partial charge in [-0.25, -0.2) is 13.1 Å². The van der Waals surface area contributed by atoms with Crippen LogP contribution in [-0.4, -0.2) is 34.2 Å². The Labute approximate surface area is 164 Å². The van der Waals surface area contributed by atoms with E-state index in [1.54, 1.807) is 36.1 Å². The summed E-state index contributed by atoms with van der Waals surface area (Å²) in [6.45, 7) is 4.54. The maximum absolute atomic E-state index is 12.6. The van der Waals surface area contributed by atoms with Gasteiger partial charge in [-0.2, -0.15) is 0 Å². The van der Waals surface area contributed by atoms with Crippen molar-refractivity contribution in [3.63, 3.8) is 0 Å². The van der Waals surface area contributed by atoms with Crippen LogP contribution < -0.4 is 19.1 Å². The Morgan fingerprint density at radius 3 is 2.68 bits per heavy atom. The van der Waals surface area contributed by atoms with Crippen LogP contribution in [0.15, 0.2) is 41.3 Å². The molecule has 1 N–H and O–H groups in total. The van der Waals surface area contributed by atoms with E-state index in [0.717, 1.165) is 11.3 Å². The third-order valence-electron chi connectivity index (χ3n) is 5.05. The largest absolute Gasteiger partial charge is 0.454 e. The van der Waals surface area contributed by atoms with E-state index in [2.05, 4.69) is 4.72 Å². The number of nitrogens with zero attached hydrogens (tertiary/aromatic N) is 1. The Kier molecular flexibility index (Phi) is 4.76. The lowest BCUT2D eigenvalue weighted by atomic mass is 10.1. The van der Waals surface area contributed by atoms with Gasteiger partial charge in [0.15, 0.2) is 11.5 Å². The number of benzene rings is 2. The van der Waals surface area contributed by atoms with Crippen LogP contribution >= 0.6 is 0 Å². The van der Waals surface area contributed by atoms with E-state index in [4.69, 9.17) is 9.47 Å². The van der Waals surface area contributed by atoms with Gasteiger partial charge in [0, 0.05) is 31.3 Å². The fraction of sp³-hybridized carbons (Fsp3) is 0.350. The summed E-state index contributed by atoms with van der Waals surface area (Å²) in [4.78, 5) is 14.4. The molecule has 2 heterocycles. The van der Waals surface area contributed by atoms with Crippen LogP contribution in [0.25, 0.3) is 0 Å². The molecule has 148 valence electrons. The molecule has 1 atom stereocenters. The standard InChI is InChI=1S/C20H22N2O5S/c1-13-3-6-19(14(2)7-13)28(24,25)21-10-15-8-20(23)22(11-15)16-4-5-17-18(9-16)27-12-26-17/h3-7,9,15,21H,8,10-12H2,1-2H3/t15-/m0/s1. The van der Waals surface area contributed by atoms with Crippen LogP contribution in [0.2, 0.25) is 0 Å². The molecule has 0 aromatic heterocycles. The second-order valence-corrected chi connectivity index (χ2v) is 8.97. The van der Waals surface area contributed by atoms with Crippen molar-refractivity contribution in [2.45, 2.75) is 25.2 Å². The molecule has 0 spiro atoms. The highest BCUT2D eigenvalue weighted by Gasteiger charge is 2.32. The van der Waals surface area contributed by atoms with Crippen molar-refractivity contribution in [2.75, 3.05) is 24.8 Å². The smallest absolute Gasteiger partial charge is 0.240 e. The molecule has 7 nitrogen and oxygen atoms in total. The number of carbonyl (C=O) groups excluding carboxylic acids is 1. The number of carbonyl (C=O) groups is 1. The van der Waals surface area contributed by atoms with Gasteiger partial charge >= 0.3 is 0 Å². The zero-order chi connectivity index (χ0) is 19.9. The molecule has 28 heavy (non-hydrogen) atoms. The first-order chi connectivity index (χ1) is 13.3. The quantitative estimate of drug-likeness (QED) is 0.830. The molecule has 0 saturated carbocycles. The zero-order valence-corrected chi connectivity index (χ0v) is 16.6. The minimum absolute atomic E-state index is 0.0328. The third-order valence-corrected chi connectivity index (χ3v) is 6.64. The summed E-state index contributed by atoms with van der Waals surface area (Å²) in [6, 6.07) is 10.6. The fourth-order valence-corrected chi connectivity index (χ4v) is 4.97. The van der Waals surface area contributed by atoms with Crippen molar-refractivity contribution in [3.8, 4) is 11.5 Å². The fourth-order valence-electron chi connectivity index (χ4n) is 3.63. The van der Waals surface area contributed by atoms with E-state index in [1.165, 1.54) is 0 Å². The van der Waals surface area contributed by atoms with Crippen LogP contribution in [0, 0.1) is 19.8 Å². The maximum Gasteiger partial charge on any atom is 0.240 e. The average Bonchev–Trinajstić information content (AvgIpc) is 3.25. The number of hydrogen-bond donors (Lipinski definition) is 1. The average molecular weight is 402 g/mol. The summed E-state index contributed by atoms with van der Waals surface area (Å²) in [5.74, 6) is 1.14. The summed E-state index contributed by atoms with van der Waals surface area (Å²) in [5, 5.41) is 0. The molecule has 1 amide bonds. The van der Waals surface area contributed by atoms with Crippen LogP contribution in [0.4, 0.5) is 5.69 Å². The highest BCUT2D eigenvalue weighted by atomic mass is 32.2. The lowest BCUT2D eigenvalue weighted by molar-refractivity contribution is -0.117. The van der Waals surface area contributed by atoms with Crippen LogP contribution in [-0.2, 0) is 14.8 Å². The van der Waals surface area contributed by atoms with Crippen LogP contribution in [0.1, 0.15) is 17.5 Å². The van der Waals surface area contributed by atoms with Crippen molar-refractivity contribution in [2.24, 2.45) is 5.92 Å². The van der Waals surface area contributed by atoms with Gasteiger partial charge in [-0.05, 0) is 43.5 Å². The van der Waals surface area contributed by atoms with E-state index < -0.39 is 10.0 Å². The van der Waals surface area contributed by atoms with Crippen molar-refractivity contribution in [3.05, 3.63) is 47.5 Å². The molecule has 0 aliphatic carbocycles. The number of amides is 1. The molecule has 2 aromatic carbocycles. The molecular weight excluding hydrogens is 380 g/mol. The van der Waals surface area contributed by atoms with Crippen molar-refractivity contribution < 1.29 is 22.7 Å². The van der Waals surface area contributed by atoms with Crippen LogP contribution in [0.5, 0.6) is 11.5 Å². The van der Waals surface area contributed by atoms with E-state index in [-0.39, 0.29) is 30.1 Å². The normalized spacial score (nSPS) is 18.7. The van der Waals surface area contributed by atoms with Gasteiger partial charge in [0.25, 0.3) is 0 Å². The molecule has 0 bridgehead atoms. The van der Waals surface area contributed by atoms with Gasteiger partial charge < -0.3 is 14.4 Å². The van der Waals surface area contributed by atoms with Crippen molar-refractivity contribution in [1.82, 2.24) is 4.72 Å². The highest BCUT2D eigenvalue weighted by molar-refractivity contribution is 7.89. The second kappa shape index (κ2) is 7.10. The van der Waals surface area contributed by atoms with Gasteiger partial charge in [-0.1, -0.05) is 17.7 Å². The molecule has 4 rings (SSSR count). The van der Waals surface area contributed by atoms with Gasteiger partial charge in [-0.3, -0.25) is 4.79 Å². The minimum Gasteiger partial charge on any atom is -0.454 e. The van der Waals surface area contributed by atoms with E-state index >= 15 is 0 Å². The predicted molar refractivity (Wildman–Crippen MR) is 104 cm³/mol. The lowest BCUT2D eigenvalue weighted by Crippen LogP contribution is -2.31. The van der Waals surface area contributed by atoms with Gasteiger partial charge in [0.2, 0.25) is 22.7 Å². The SMILES string of the molecule is Cc1ccc(S(=O)(=O)NC[C@@H]2CC(=O)N(c3ccc4c(c3)OCO4)C2)c(C)c1. The van der Waals surface area contributed by atoms with Gasteiger partial charge in [-0.15, -0.1) is 0 Å². The first-order valence-electron chi connectivity index (χ1n) is 9.10. The molecule has 2 aromatic rings. The molecule has 1 saturated heterocycles. The summed E-state index contributed by atoms with van der Waals surface area (Å²) < 4.78 is 38.6. The predicted octanol–water partition coefficient (Wildman–Crippen LogP) is 2.36. The Morgan fingerprint density at radius 1 is 1.11 bits per heavy atom. The Balaban J connectivity index is 1.43. The number of ether oxygens (including phenoxy) is 2. The van der Waals surface area contributed by atoms with Crippen molar-refractivity contribution >= 4 is 21.6 Å². The first kappa shape index (κ1) is 18.8. The summed E-state index contributed by atoms with van der Waals surface area (Å²) in [5.41, 5.74) is 2.45. The number of fused-ring (bicyclic) bond motifs is 1. The van der Waals surface area contributed by atoms with Gasteiger partial charge in [0.1, 0.15) is 0 Å².